The zero-order valence-electron chi connectivity index (χ0n) is 11.5. The Labute approximate surface area is 115 Å². The predicted octanol–water partition coefficient (Wildman–Crippen LogP) is 1.62. The monoisotopic (exact) mass is 286 g/mol. The van der Waals surface area contributed by atoms with E-state index >= 15 is 0 Å². The summed E-state index contributed by atoms with van der Waals surface area (Å²) in [5, 5.41) is 0. The van der Waals surface area contributed by atoms with Crippen LogP contribution in [0.25, 0.3) is 0 Å². The summed E-state index contributed by atoms with van der Waals surface area (Å²) in [5.74, 6) is 0.652. The van der Waals surface area contributed by atoms with Crippen LogP contribution in [0.2, 0.25) is 0 Å². The lowest BCUT2D eigenvalue weighted by Crippen LogP contribution is -2.24. The van der Waals surface area contributed by atoms with Gasteiger partial charge in [0.05, 0.1) is 11.5 Å². The summed E-state index contributed by atoms with van der Waals surface area (Å²) in [6, 6.07) is 4.78. The number of ether oxygens (including phenoxy) is 1. The maximum atomic E-state index is 12.0. The first-order valence-electron chi connectivity index (χ1n) is 6.50. The summed E-state index contributed by atoms with van der Waals surface area (Å²) in [6.45, 7) is 5.18. The summed E-state index contributed by atoms with van der Waals surface area (Å²) in [5.41, 5.74) is 6.34. The van der Waals surface area contributed by atoms with Crippen LogP contribution in [0.5, 0.6) is 5.75 Å². The second kappa shape index (κ2) is 7.47. The Morgan fingerprint density at radius 2 is 2.00 bits per heavy atom. The summed E-state index contributed by atoms with van der Waals surface area (Å²) < 4.78 is 32.0. The lowest BCUT2D eigenvalue weighted by molar-refractivity contribution is 0.314. The fourth-order valence-corrected chi connectivity index (χ4v) is 2.74. The van der Waals surface area contributed by atoms with Gasteiger partial charge >= 0.3 is 0 Å². The topological polar surface area (TPSA) is 81.4 Å². The van der Waals surface area contributed by atoms with Gasteiger partial charge in [0.25, 0.3) is 0 Å². The zero-order valence-corrected chi connectivity index (χ0v) is 12.3. The zero-order chi connectivity index (χ0) is 14.3. The Bertz CT molecular complexity index is 501. The molecule has 0 radical (unpaired) electrons. The maximum Gasteiger partial charge on any atom is 0.240 e. The molecule has 0 unspecified atom stereocenters. The van der Waals surface area contributed by atoms with Crippen molar-refractivity contribution in [2.24, 2.45) is 5.73 Å². The van der Waals surface area contributed by atoms with E-state index < -0.39 is 10.0 Å². The number of benzene rings is 1. The largest absolute Gasteiger partial charge is 0.493 e. The quantitative estimate of drug-likeness (QED) is 0.761. The minimum absolute atomic E-state index is 0.227. The van der Waals surface area contributed by atoms with Crippen molar-refractivity contribution in [1.82, 2.24) is 4.72 Å². The number of nitrogens with two attached hydrogens (primary N) is 1. The van der Waals surface area contributed by atoms with E-state index in [0.29, 0.717) is 24.5 Å². The molecule has 0 aliphatic rings. The SMILES string of the molecule is CCCNS(=O)(=O)c1ccc(OCCC)c(CN)c1. The standard InChI is InChI=1S/C13H22N2O3S/c1-3-7-15-19(16,17)12-5-6-13(18-8-4-2)11(9-12)10-14/h5-6,9,15H,3-4,7-8,10,14H2,1-2H3. The van der Waals surface area contributed by atoms with E-state index in [0.717, 1.165) is 12.8 Å². The van der Waals surface area contributed by atoms with Crippen LogP contribution in [-0.2, 0) is 16.6 Å². The molecule has 0 aliphatic heterocycles. The lowest BCUT2D eigenvalue weighted by atomic mass is 10.2. The first kappa shape index (κ1) is 15.9. The third-order valence-corrected chi connectivity index (χ3v) is 4.02. The van der Waals surface area contributed by atoms with Gasteiger partial charge in [0, 0.05) is 18.7 Å². The average Bonchev–Trinajstić information content (AvgIpc) is 2.42. The van der Waals surface area contributed by atoms with Crippen molar-refractivity contribution in [3.05, 3.63) is 23.8 Å². The molecule has 1 aromatic rings. The minimum atomic E-state index is -3.45. The van der Waals surface area contributed by atoms with Gasteiger partial charge in [-0.15, -0.1) is 0 Å². The predicted molar refractivity (Wildman–Crippen MR) is 75.6 cm³/mol. The van der Waals surface area contributed by atoms with E-state index in [1.807, 2.05) is 13.8 Å². The molecule has 0 saturated carbocycles. The highest BCUT2D eigenvalue weighted by Crippen LogP contribution is 2.22. The van der Waals surface area contributed by atoms with Crippen molar-refractivity contribution < 1.29 is 13.2 Å². The van der Waals surface area contributed by atoms with E-state index in [-0.39, 0.29) is 11.4 Å². The van der Waals surface area contributed by atoms with Gasteiger partial charge in [-0.05, 0) is 31.0 Å². The molecule has 0 atom stereocenters. The molecular formula is C13H22N2O3S. The highest BCUT2D eigenvalue weighted by molar-refractivity contribution is 7.89. The molecule has 3 N–H and O–H groups in total. The third-order valence-electron chi connectivity index (χ3n) is 2.57. The first-order chi connectivity index (χ1) is 9.05. The van der Waals surface area contributed by atoms with E-state index in [9.17, 15) is 8.42 Å². The van der Waals surface area contributed by atoms with Gasteiger partial charge in [-0.25, -0.2) is 13.1 Å². The lowest BCUT2D eigenvalue weighted by Gasteiger charge is -2.12. The number of hydrogen-bond acceptors (Lipinski definition) is 4. The van der Waals surface area contributed by atoms with Gasteiger partial charge in [0.2, 0.25) is 10.0 Å². The smallest absolute Gasteiger partial charge is 0.240 e. The molecule has 0 fully saturated rings. The molecule has 5 nitrogen and oxygen atoms in total. The number of hydrogen-bond donors (Lipinski definition) is 2. The average molecular weight is 286 g/mol. The Balaban J connectivity index is 2.99. The van der Waals surface area contributed by atoms with Crippen molar-refractivity contribution in [3.8, 4) is 5.75 Å². The fraction of sp³-hybridized carbons (Fsp3) is 0.538. The van der Waals surface area contributed by atoms with Crippen molar-refractivity contribution in [2.45, 2.75) is 38.1 Å². The number of nitrogens with one attached hydrogen (secondary N) is 1. The maximum absolute atomic E-state index is 12.0. The second-order valence-corrected chi connectivity index (χ2v) is 5.99. The van der Waals surface area contributed by atoms with Crippen LogP contribution >= 0.6 is 0 Å². The van der Waals surface area contributed by atoms with E-state index in [1.165, 1.54) is 0 Å². The normalized spacial score (nSPS) is 11.5. The van der Waals surface area contributed by atoms with Crippen LogP contribution in [-0.4, -0.2) is 21.6 Å². The molecule has 0 heterocycles. The molecule has 0 aromatic heterocycles. The second-order valence-electron chi connectivity index (χ2n) is 4.22. The molecule has 0 bridgehead atoms. The summed E-state index contributed by atoms with van der Waals surface area (Å²) in [4.78, 5) is 0.227. The Hall–Kier alpha value is -1.11. The molecule has 108 valence electrons. The van der Waals surface area contributed by atoms with Crippen molar-refractivity contribution >= 4 is 10.0 Å². The van der Waals surface area contributed by atoms with Gasteiger partial charge in [0.15, 0.2) is 0 Å². The molecule has 0 aliphatic carbocycles. The van der Waals surface area contributed by atoms with Crippen molar-refractivity contribution in [2.75, 3.05) is 13.2 Å². The molecule has 19 heavy (non-hydrogen) atoms. The molecular weight excluding hydrogens is 264 g/mol. The van der Waals surface area contributed by atoms with Crippen LogP contribution in [0, 0.1) is 0 Å². The van der Waals surface area contributed by atoms with Crippen LogP contribution in [0.3, 0.4) is 0 Å². The minimum Gasteiger partial charge on any atom is -0.493 e. The molecule has 0 spiro atoms. The Kier molecular flexibility index (Phi) is 6.27. The summed E-state index contributed by atoms with van der Waals surface area (Å²) in [7, 11) is -3.45. The summed E-state index contributed by atoms with van der Waals surface area (Å²) >= 11 is 0. The molecule has 1 rings (SSSR count). The first-order valence-corrected chi connectivity index (χ1v) is 7.99. The summed E-state index contributed by atoms with van der Waals surface area (Å²) in [6.07, 6.45) is 1.64. The van der Waals surface area contributed by atoms with E-state index in [4.69, 9.17) is 10.5 Å². The van der Waals surface area contributed by atoms with Crippen LogP contribution in [0.1, 0.15) is 32.3 Å². The van der Waals surface area contributed by atoms with E-state index in [2.05, 4.69) is 4.72 Å². The van der Waals surface area contributed by atoms with Crippen LogP contribution in [0.4, 0.5) is 0 Å². The van der Waals surface area contributed by atoms with Gasteiger partial charge < -0.3 is 10.5 Å². The van der Waals surface area contributed by atoms with Gasteiger partial charge in [0.1, 0.15) is 5.75 Å². The van der Waals surface area contributed by atoms with Gasteiger partial charge in [-0.3, -0.25) is 0 Å². The van der Waals surface area contributed by atoms with Crippen LogP contribution in [0.15, 0.2) is 23.1 Å². The number of rotatable bonds is 8. The Morgan fingerprint density at radius 1 is 1.26 bits per heavy atom. The Morgan fingerprint density at radius 3 is 2.58 bits per heavy atom. The highest BCUT2D eigenvalue weighted by Gasteiger charge is 2.15. The van der Waals surface area contributed by atoms with Crippen LogP contribution < -0.4 is 15.2 Å². The number of sulfonamides is 1. The highest BCUT2D eigenvalue weighted by atomic mass is 32.2. The van der Waals surface area contributed by atoms with Gasteiger partial charge in [-0.2, -0.15) is 0 Å². The molecule has 0 amide bonds. The third kappa shape index (κ3) is 4.49. The van der Waals surface area contributed by atoms with Crippen molar-refractivity contribution in [1.29, 1.82) is 0 Å². The van der Waals surface area contributed by atoms with E-state index in [1.54, 1.807) is 18.2 Å². The fourth-order valence-electron chi connectivity index (χ4n) is 1.56. The molecule has 6 heteroatoms. The van der Waals surface area contributed by atoms with Crippen molar-refractivity contribution in [3.63, 3.8) is 0 Å². The molecule has 0 saturated heterocycles. The molecule has 1 aromatic carbocycles. The van der Waals surface area contributed by atoms with Gasteiger partial charge in [-0.1, -0.05) is 13.8 Å².